The lowest BCUT2D eigenvalue weighted by Gasteiger charge is -2.30. The van der Waals surface area contributed by atoms with Crippen molar-refractivity contribution in [2.45, 2.75) is 59.0 Å². The monoisotopic (exact) mass is 325 g/mol. The predicted octanol–water partition coefficient (Wildman–Crippen LogP) is 4.09. The lowest BCUT2D eigenvalue weighted by Crippen LogP contribution is -2.31. The largest absolute Gasteiger partial charge is 0.367 e. The van der Waals surface area contributed by atoms with Gasteiger partial charge in [0.05, 0.1) is 12.2 Å². The van der Waals surface area contributed by atoms with E-state index >= 15 is 0 Å². The molecule has 0 spiro atoms. The van der Waals surface area contributed by atoms with Gasteiger partial charge in [0.25, 0.3) is 0 Å². The minimum absolute atomic E-state index is 0.510. The number of hydrogen-bond acceptors (Lipinski definition) is 5. The van der Waals surface area contributed by atoms with E-state index in [0.717, 1.165) is 22.8 Å². The van der Waals surface area contributed by atoms with Crippen LogP contribution in [0.25, 0.3) is 0 Å². The molecule has 1 aliphatic carbocycles. The molecule has 2 N–H and O–H groups in total. The first-order valence-electron chi connectivity index (χ1n) is 8.89. The van der Waals surface area contributed by atoms with E-state index in [0.29, 0.717) is 24.5 Å². The van der Waals surface area contributed by atoms with Gasteiger partial charge >= 0.3 is 0 Å². The lowest BCUT2D eigenvalue weighted by molar-refractivity contribution is 0.349. The Labute approximate surface area is 144 Å². The molecule has 2 unspecified atom stereocenters. The maximum absolute atomic E-state index is 4.72. The van der Waals surface area contributed by atoms with Crippen LogP contribution in [0.2, 0.25) is 0 Å². The lowest BCUT2D eigenvalue weighted by atomic mass is 9.86. The second-order valence-corrected chi connectivity index (χ2v) is 6.79. The molecule has 1 aliphatic rings. The van der Waals surface area contributed by atoms with E-state index in [1.807, 2.05) is 25.1 Å². The third-order valence-corrected chi connectivity index (χ3v) is 4.98. The maximum atomic E-state index is 4.72. The molecule has 0 bridgehead atoms. The second-order valence-electron chi connectivity index (χ2n) is 6.79. The van der Waals surface area contributed by atoms with Crippen LogP contribution in [0.1, 0.15) is 49.6 Å². The van der Waals surface area contributed by atoms with Crippen molar-refractivity contribution in [3.8, 4) is 0 Å². The fourth-order valence-electron chi connectivity index (χ4n) is 3.23. The molecule has 2 atom stereocenters. The number of aromatic nitrogens is 3. The Balaban J connectivity index is 1.73. The van der Waals surface area contributed by atoms with Gasteiger partial charge in [-0.25, -0.2) is 4.98 Å². The molecule has 0 aliphatic heterocycles. The Morgan fingerprint density at radius 2 is 1.96 bits per heavy atom. The molecule has 1 fully saturated rings. The highest BCUT2D eigenvalue weighted by atomic mass is 15.2. The van der Waals surface area contributed by atoms with Crippen molar-refractivity contribution in [1.82, 2.24) is 15.0 Å². The highest BCUT2D eigenvalue weighted by Gasteiger charge is 2.22. The molecule has 3 rings (SSSR count). The molecule has 5 heteroatoms. The van der Waals surface area contributed by atoms with Gasteiger partial charge in [-0.05, 0) is 44.7 Å². The van der Waals surface area contributed by atoms with E-state index in [2.05, 4.69) is 34.4 Å². The normalized spacial score (nSPS) is 20.6. The van der Waals surface area contributed by atoms with Crippen molar-refractivity contribution in [2.75, 3.05) is 10.6 Å². The van der Waals surface area contributed by atoms with Gasteiger partial charge in [0, 0.05) is 23.5 Å². The first-order chi connectivity index (χ1) is 11.6. The quantitative estimate of drug-likeness (QED) is 0.867. The highest BCUT2D eigenvalue weighted by molar-refractivity contribution is 5.50. The van der Waals surface area contributed by atoms with Crippen LogP contribution < -0.4 is 10.6 Å². The zero-order valence-corrected chi connectivity index (χ0v) is 14.8. The first-order valence-corrected chi connectivity index (χ1v) is 8.89. The van der Waals surface area contributed by atoms with E-state index in [-0.39, 0.29) is 0 Å². The number of pyridine rings is 1. The molecule has 0 amide bonds. The van der Waals surface area contributed by atoms with Crippen molar-refractivity contribution in [3.05, 3.63) is 41.3 Å². The van der Waals surface area contributed by atoms with Gasteiger partial charge in [0.15, 0.2) is 0 Å². The van der Waals surface area contributed by atoms with Crippen LogP contribution in [0.3, 0.4) is 0 Å². The van der Waals surface area contributed by atoms with E-state index < -0.39 is 0 Å². The summed E-state index contributed by atoms with van der Waals surface area (Å²) >= 11 is 0. The Morgan fingerprint density at radius 1 is 1.12 bits per heavy atom. The molecular weight excluding hydrogens is 298 g/mol. The fourth-order valence-corrected chi connectivity index (χ4v) is 3.23. The molecule has 24 heavy (non-hydrogen) atoms. The van der Waals surface area contributed by atoms with Crippen molar-refractivity contribution < 1.29 is 0 Å². The molecule has 2 heterocycles. The van der Waals surface area contributed by atoms with Gasteiger partial charge in [0.2, 0.25) is 5.95 Å². The number of rotatable bonds is 5. The first kappa shape index (κ1) is 16.7. The summed E-state index contributed by atoms with van der Waals surface area (Å²) in [5.74, 6) is 2.32. The molecule has 128 valence electrons. The summed E-state index contributed by atoms with van der Waals surface area (Å²) < 4.78 is 0. The number of nitrogens with one attached hydrogen (secondary N) is 2. The summed E-state index contributed by atoms with van der Waals surface area (Å²) in [6, 6.07) is 6.42. The van der Waals surface area contributed by atoms with E-state index in [1.165, 1.54) is 25.7 Å². The van der Waals surface area contributed by atoms with Crippen molar-refractivity contribution >= 4 is 11.8 Å². The van der Waals surface area contributed by atoms with Gasteiger partial charge in [-0.3, -0.25) is 4.98 Å². The van der Waals surface area contributed by atoms with Crippen LogP contribution in [-0.2, 0) is 6.54 Å². The fraction of sp³-hybridized carbons (Fsp3) is 0.526. The summed E-state index contributed by atoms with van der Waals surface area (Å²) in [6.07, 6.45) is 6.97. The molecule has 0 aromatic carbocycles. The van der Waals surface area contributed by atoms with Gasteiger partial charge in [-0.15, -0.1) is 0 Å². The molecule has 2 aromatic rings. The topological polar surface area (TPSA) is 62.7 Å². The van der Waals surface area contributed by atoms with Crippen LogP contribution in [0.15, 0.2) is 24.4 Å². The van der Waals surface area contributed by atoms with Crippen LogP contribution >= 0.6 is 0 Å². The Bertz CT molecular complexity index is 671. The van der Waals surface area contributed by atoms with Gasteiger partial charge < -0.3 is 10.6 Å². The molecule has 0 radical (unpaired) electrons. The summed E-state index contributed by atoms with van der Waals surface area (Å²) in [5, 5.41) is 6.96. The Hall–Kier alpha value is -2.17. The van der Waals surface area contributed by atoms with Crippen LogP contribution in [0.5, 0.6) is 0 Å². The second kappa shape index (κ2) is 7.60. The standard InChI is InChI=1S/C19H27N5/c1-13-8-4-5-10-17(13)23-18-14(2)15(3)22-19(24-18)21-12-16-9-6-7-11-20-16/h6-7,9,11,13,17H,4-5,8,10,12H2,1-3H3,(H2,21,22,23,24). The minimum Gasteiger partial charge on any atom is -0.367 e. The number of nitrogens with zero attached hydrogens (tertiary/aromatic N) is 3. The van der Waals surface area contributed by atoms with E-state index in [4.69, 9.17) is 4.98 Å². The SMILES string of the molecule is Cc1nc(NCc2ccccn2)nc(NC2CCCCC2C)c1C. The Morgan fingerprint density at radius 3 is 2.71 bits per heavy atom. The summed E-state index contributed by atoms with van der Waals surface area (Å²) in [5.41, 5.74) is 3.13. The zero-order valence-electron chi connectivity index (χ0n) is 14.8. The number of anilines is 2. The van der Waals surface area contributed by atoms with Crippen LogP contribution in [-0.4, -0.2) is 21.0 Å². The predicted molar refractivity (Wildman–Crippen MR) is 98.1 cm³/mol. The highest BCUT2D eigenvalue weighted by Crippen LogP contribution is 2.28. The van der Waals surface area contributed by atoms with Crippen molar-refractivity contribution in [2.24, 2.45) is 5.92 Å². The molecule has 5 nitrogen and oxygen atoms in total. The van der Waals surface area contributed by atoms with Crippen LogP contribution in [0, 0.1) is 19.8 Å². The van der Waals surface area contributed by atoms with Gasteiger partial charge in [-0.2, -0.15) is 4.98 Å². The summed E-state index contributed by atoms with van der Waals surface area (Å²) in [7, 11) is 0. The van der Waals surface area contributed by atoms with Gasteiger partial charge in [0.1, 0.15) is 5.82 Å². The zero-order chi connectivity index (χ0) is 16.9. The average molecular weight is 325 g/mol. The van der Waals surface area contributed by atoms with Crippen molar-refractivity contribution in [3.63, 3.8) is 0 Å². The molecule has 1 saturated carbocycles. The average Bonchev–Trinajstić information content (AvgIpc) is 2.60. The number of hydrogen-bond donors (Lipinski definition) is 2. The molecular formula is C19H27N5. The number of aryl methyl sites for hydroxylation is 1. The molecule has 2 aromatic heterocycles. The minimum atomic E-state index is 0.510. The van der Waals surface area contributed by atoms with E-state index in [9.17, 15) is 0 Å². The maximum Gasteiger partial charge on any atom is 0.225 e. The third kappa shape index (κ3) is 4.02. The smallest absolute Gasteiger partial charge is 0.225 e. The van der Waals surface area contributed by atoms with E-state index in [1.54, 1.807) is 6.20 Å². The van der Waals surface area contributed by atoms with Crippen molar-refractivity contribution in [1.29, 1.82) is 0 Å². The van der Waals surface area contributed by atoms with Gasteiger partial charge in [-0.1, -0.05) is 25.8 Å². The summed E-state index contributed by atoms with van der Waals surface area (Å²) in [4.78, 5) is 13.6. The third-order valence-electron chi connectivity index (χ3n) is 4.98. The molecule has 0 saturated heterocycles. The van der Waals surface area contributed by atoms with Crippen LogP contribution in [0.4, 0.5) is 11.8 Å². The Kier molecular flexibility index (Phi) is 5.28. The summed E-state index contributed by atoms with van der Waals surface area (Å²) in [6.45, 7) is 7.09.